The predicted octanol–water partition coefficient (Wildman–Crippen LogP) is 2.61. The van der Waals surface area contributed by atoms with Crippen molar-refractivity contribution in [2.45, 2.75) is 40.3 Å². The summed E-state index contributed by atoms with van der Waals surface area (Å²) in [6.07, 6.45) is 0.841. The molecule has 0 atom stereocenters. The molecule has 0 unspecified atom stereocenters. The van der Waals surface area contributed by atoms with E-state index in [1.165, 1.54) is 0 Å². The number of pyridine rings is 1. The number of nitrogens with two attached hydrogens (primary N) is 2. The predicted molar refractivity (Wildman–Crippen MR) is 122 cm³/mol. The van der Waals surface area contributed by atoms with E-state index >= 15 is 0 Å². The lowest BCUT2D eigenvalue weighted by Crippen LogP contribution is -2.48. The first-order chi connectivity index (χ1) is 14.4. The fourth-order valence-electron chi connectivity index (χ4n) is 3.91. The van der Waals surface area contributed by atoms with Gasteiger partial charge in [-0.15, -0.1) is 0 Å². The molecule has 1 fully saturated rings. The van der Waals surface area contributed by atoms with Crippen LogP contribution in [-0.4, -0.2) is 42.1 Å². The number of amides is 2. The van der Waals surface area contributed by atoms with Gasteiger partial charge < -0.3 is 27.0 Å². The van der Waals surface area contributed by atoms with Crippen molar-refractivity contribution in [3.05, 3.63) is 46.8 Å². The fraction of sp³-hybridized carbons (Fsp3) is 0.478. The van der Waals surface area contributed by atoms with Crippen LogP contribution in [0.25, 0.3) is 11.1 Å². The summed E-state index contributed by atoms with van der Waals surface area (Å²) in [6.45, 7) is 10.1. The normalized spacial score (nSPS) is 14.3. The molecular weight excluding hydrogens is 376 g/mol. The maximum absolute atomic E-state index is 13.0. The average molecular weight is 411 g/mol. The molecule has 0 saturated carbocycles. The molecule has 2 amide bonds. The second-order valence-electron chi connectivity index (χ2n) is 8.24. The third kappa shape index (κ3) is 4.98. The van der Waals surface area contributed by atoms with Crippen LogP contribution in [0.2, 0.25) is 0 Å². The third-order valence-corrected chi connectivity index (χ3v) is 5.48. The highest BCUT2D eigenvalue weighted by atomic mass is 16.2. The van der Waals surface area contributed by atoms with Crippen LogP contribution in [0.15, 0.2) is 24.3 Å². The zero-order chi connectivity index (χ0) is 21.7. The Labute approximate surface area is 179 Å². The molecule has 2 heterocycles. The highest BCUT2D eigenvalue weighted by Gasteiger charge is 2.23. The number of benzene rings is 1. The summed E-state index contributed by atoms with van der Waals surface area (Å²) >= 11 is 0. The summed E-state index contributed by atoms with van der Waals surface area (Å²) in [7, 11) is 0. The molecule has 1 aliphatic heterocycles. The van der Waals surface area contributed by atoms with E-state index in [0.717, 1.165) is 58.8 Å². The molecule has 7 nitrogen and oxygen atoms in total. The standard InChI is InChI=1S/C23H34N6O/c1-15(2)12-20-19(14-25)21(18-6-4-17(13-24)5-7-18)22(16(3)27-20)28-23(30)29-10-8-26-9-11-29/h4-7,15,26H,8-14,24-25H2,1-3H3,(H,28,30). The van der Waals surface area contributed by atoms with Crippen LogP contribution >= 0.6 is 0 Å². The second kappa shape index (κ2) is 10.0. The van der Waals surface area contributed by atoms with Gasteiger partial charge in [0.1, 0.15) is 0 Å². The van der Waals surface area contributed by atoms with Gasteiger partial charge in [-0.3, -0.25) is 4.98 Å². The maximum Gasteiger partial charge on any atom is 0.322 e. The van der Waals surface area contributed by atoms with E-state index in [4.69, 9.17) is 16.5 Å². The number of hydrogen-bond donors (Lipinski definition) is 4. The number of carbonyl (C=O) groups excluding carboxylic acids is 1. The first-order valence-corrected chi connectivity index (χ1v) is 10.7. The van der Waals surface area contributed by atoms with Crippen molar-refractivity contribution in [3.63, 3.8) is 0 Å². The monoisotopic (exact) mass is 410 g/mol. The van der Waals surface area contributed by atoms with E-state index in [2.05, 4.69) is 36.6 Å². The van der Waals surface area contributed by atoms with Gasteiger partial charge in [0, 0.05) is 50.5 Å². The van der Waals surface area contributed by atoms with E-state index in [0.29, 0.717) is 32.1 Å². The SMILES string of the molecule is Cc1nc(CC(C)C)c(CN)c(-c2ccc(CN)cc2)c1NC(=O)N1CCNCC1. The Balaban J connectivity index is 2.09. The van der Waals surface area contributed by atoms with Gasteiger partial charge in [-0.1, -0.05) is 38.1 Å². The Morgan fingerprint density at radius 2 is 1.83 bits per heavy atom. The molecule has 7 heteroatoms. The lowest BCUT2D eigenvalue weighted by molar-refractivity contribution is 0.204. The fourth-order valence-corrected chi connectivity index (χ4v) is 3.91. The van der Waals surface area contributed by atoms with Crippen molar-refractivity contribution in [1.82, 2.24) is 15.2 Å². The summed E-state index contributed by atoms with van der Waals surface area (Å²) in [5.41, 5.74) is 18.6. The molecule has 6 N–H and O–H groups in total. The minimum atomic E-state index is -0.0965. The van der Waals surface area contributed by atoms with E-state index in [-0.39, 0.29) is 6.03 Å². The molecule has 162 valence electrons. The molecule has 1 saturated heterocycles. The zero-order valence-corrected chi connectivity index (χ0v) is 18.3. The Kier molecular flexibility index (Phi) is 7.42. The van der Waals surface area contributed by atoms with Crippen molar-refractivity contribution in [3.8, 4) is 11.1 Å². The molecule has 3 rings (SSSR count). The van der Waals surface area contributed by atoms with Gasteiger partial charge in [-0.2, -0.15) is 0 Å². The van der Waals surface area contributed by atoms with Crippen LogP contribution in [0.1, 0.15) is 36.4 Å². The maximum atomic E-state index is 13.0. The zero-order valence-electron chi connectivity index (χ0n) is 18.3. The van der Waals surface area contributed by atoms with Crippen LogP contribution in [0.4, 0.5) is 10.5 Å². The number of rotatable bonds is 6. The highest BCUT2D eigenvalue weighted by molar-refractivity contribution is 5.96. The Bertz CT molecular complexity index is 872. The molecule has 1 aromatic heterocycles. The van der Waals surface area contributed by atoms with Gasteiger partial charge in [-0.05, 0) is 36.0 Å². The third-order valence-electron chi connectivity index (χ3n) is 5.48. The number of piperazine rings is 1. The molecule has 2 aromatic rings. The number of anilines is 1. The molecule has 1 aromatic carbocycles. The van der Waals surface area contributed by atoms with Crippen LogP contribution in [-0.2, 0) is 19.5 Å². The van der Waals surface area contributed by atoms with Crippen LogP contribution < -0.4 is 22.1 Å². The largest absolute Gasteiger partial charge is 0.326 e. The Morgan fingerprint density at radius 3 is 2.40 bits per heavy atom. The van der Waals surface area contributed by atoms with E-state index in [9.17, 15) is 4.79 Å². The average Bonchev–Trinajstić information content (AvgIpc) is 2.75. The molecule has 0 radical (unpaired) electrons. The first kappa shape index (κ1) is 22.2. The number of aryl methyl sites for hydroxylation is 1. The van der Waals surface area contributed by atoms with Crippen molar-refractivity contribution >= 4 is 11.7 Å². The quantitative estimate of drug-likeness (QED) is 0.585. The topological polar surface area (TPSA) is 109 Å². The molecule has 1 aliphatic rings. The summed E-state index contributed by atoms with van der Waals surface area (Å²) in [4.78, 5) is 19.7. The van der Waals surface area contributed by atoms with E-state index < -0.39 is 0 Å². The molecule has 0 spiro atoms. The summed E-state index contributed by atoms with van der Waals surface area (Å²) in [5, 5.41) is 6.42. The minimum absolute atomic E-state index is 0.0965. The number of nitrogens with zero attached hydrogens (tertiary/aromatic N) is 2. The van der Waals surface area contributed by atoms with Gasteiger partial charge >= 0.3 is 6.03 Å². The summed E-state index contributed by atoms with van der Waals surface area (Å²) in [5.74, 6) is 0.455. The highest BCUT2D eigenvalue weighted by Crippen LogP contribution is 2.36. The number of hydrogen-bond acceptors (Lipinski definition) is 5. The van der Waals surface area contributed by atoms with Crippen molar-refractivity contribution in [1.29, 1.82) is 0 Å². The minimum Gasteiger partial charge on any atom is -0.326 e. The second-order valence-corrected chi connectivity index (χ2v) is 8.24. The number of aromatic nitrogens is 1. The lowest BCUT2D eigenvalue weighted by Gasteiger charge is -2.29. The van der Waals surface area contributed by atoms with Gasteiger partial charge in [0.2, 0.25) is 0 Å². The van der Waals surface area contributed by atoms with Crippen LogP contribution in [0.3, 0.4) is 0 Å². The Hall–Kier alpha value is -2.48. The van der Waals surface area contributed by atoms with Crippen molar-refractivity contribution in [2.24, 2.45) is 17.4 Å². The van der Waals surface area contributed by atoms with Crippen LogP contribution in [0, 0.1) is 12.8 Å². The molecular formula is C23H34N6O. The molecule has 0 aliphatic carbocycles. The first-order valence-electron chi connectivity index (χ1n) is 10.7. The van der Waals surface area contributed by atoms with Gasteiger partial charge in [-0.25, -0.2) is 4.79 Å². The summed E-state index contributed by atoms with van der Waals surface area (Å²) < 4.78 is 0. The number of nitrogens with one attached hydrogen (secondary N) is 2. The van der Waals surface area contributed by atoms with Crippen molar-refractivity contribution in [2.75, 3.05) is 31.5 Å². The van der Waals surface area contributed by atoms with Gasteiger partial charge in [0.25, 0.3) is 0 Å². The number of urea groups is 1. The van der Waals surface area contributed by atoms with Gasteiger partial charge in [0.05, 0.1) is 11.4 Å². The lowest BCUT2D eigenvalue weighted by atomic mass is 9.92. The number of carbonyl (C=O) groups is 1. The van der Waals surface area contributed by atoms with E-state index in [1.54, 1.807) is 0 Å². The van der Waals surface area contributed by atoms with Gasteiger partial charge in [0.15, 0.2) is 0 Å². The van der Waals surface area contributed by atoms with Crippen LogP contribution in [0.5, 0.6) is 0 Å². The van der Waals surface area contributed by atoms with E-state index in [1.807, 2.05) is 24.0 Å². The smallest absolute Gasteiger partial charge is 0.322 e. The molecule has 30 heavy (non-hydrogen) atoms. The summed E-state index contributed by atoms with van der Waals surface area (Å²) in [6, 6.07) is 8.05. The van der Waals surface area contributed by atoms with Crippen molar-refractivity contribution < 1.29 is 4.79 Å². The Morgan fingerprint density at radius 1 is 1.17 bits per heavy atom. The molecule has 0 bridgehead atoms.